The number of rotatable bonds is 9. The zero-order valence-electron chi connectivity index (χ0n) is 16.9. The van der Waals surface area contributed by atoms with Gasteiger partial charge >= 0.3 is 0 Å². The molecule has 0 aliphatic carbocycles. The van der Waals surface area contributed by atoms with Crippen molar-refractivity contribution in [3.8, 4) is 0 Å². The van der Waals surface area contributed by atoms with E-state index in [-0.39, 0.29) is 5.91 Å². The number of hydrogen-bond acceptors (Lipinski definition) is 4. The molecule has 1 heterocycles. The van der Waals surface area contributed by atoms with Crippen LogP contribution >= 0.6 is 15.9 Å². The zero-order valence-corrected chi connectivity index (χ0v) is 18.5. The van der Waals surface area contributed by atoms with Crippen LogP contribution in [0.25, 0.3) is 0 Å². The third kappa shape index (κ3) is 7.05. The molecule has 0 bridgehead atoms. The predicted octanol–water partition coefficient (Wildman–Crippen LogP) is 4.13. The molecule has 0 saturated carbocycles. The van der Waals surface area contributed by atoms with Crippen LogP contribution in [0.15, 0.2) is 44.8 Å². The van der Waals surface area contributed by atoms with Gasteiger partial charge in [0.05, 0.1) is 18.5 Å². The minimum Gasteiger partial charge on any atom is -0.351 e. The number of hydrogen-bond donors (Lipinski definition) is 2. The van der Waals surface area contributed by atoms with Gasteiger partial charge in [-0.3, -0.25) is 9.79 Å². The molecule has 150 valence electrons. The van der Waals surface area contributed by atoms with Crippen LogP contribution in [0.4, 0.5) is 5.82 Å². The Kier molecular flexibility index (Phi) is 8.60. The Hall–Kier alpha value is -2.25. The Bertz CT molecular complexity index is 854. The van der Waals surface area contributed by atoms with Gasteiger partial charge < -0.3 is 15.2 Å². The maximum absolute atomic E-state index is 12.2. The summed E-state index contributed by atoms with van der Waals surface area (Å²) >= 11 is 3.53. The van der Waals surface area contributed by atoms with Gasteiger partial charge in [0.2, 0.25) is 0 Å². The van der Waals surface area contributed by atoms with Crippen LogP contribution in [0, 0.1) is 6.92 Å². The summed E-state index contributed by atoms with van der Waals surface area (Å²) < 4.78 is 1.05. The Morgan fingerprint density at radius 1 is 1.32 bits per heavy atom. The summed E-state index contributed by atoms with van der Waals surface area (Å²) in [7, 11) is 4.04. The summed E-state index contributed by atoms with van der Waals surface area (Å²) in [5, 5.41) is 2.93. The van der Waals surface area contributed by atoms with Crippen molar-refractivity contribution in [2.24, 2.45) is 9.98 Å². The summed E-state index contributed by atoms with van der Waals surface area (Å²) in [5.41, 5.74) is 3.39. The standard InChI is InChI=1S/C21H28BrN5O/c1-15-12-19(21(28)23-10-7-11-27(3)4)26-20(15)25-13-16(2)24-14-17-8-5-6-9-18(17)22/h5-6,8-9,12-13,26H,7,10-11,14H2,1-4H3,(H,23,28). The number of carbonyl (C=O) groups is 1. The maximum Gasteiger partial charge on any atom is 0.267 e. The number of H-pyrrole nitrogens is 1. The number of aromatic amines is 1. The van der Waals surface area contributed by atoms with Crippen LogP contribution in [0.2, 0.25) is 0 Å². The number of halogens is 1. The van der Waals surface area contributed by atoms with Crippen LogP contribution in [0.3, 0.4) is 0 Å². The largest absolute Gasteiger partial charge is 0.351 e. The maximum atomic E-state index is 12.2. The van der Waals surface area contributed by atoms with E-state index < -0.39 is 0 Å². The number of amides is 1. The van der Waals surface area contributed by atoms with E-state index in [1.165, 1.54) is 0 Å². The summed E-state index contributed by atoms with van der Waals surface area (Å²) in [5.74, 6) is 0.566. The molecule has 7 heteroatoms. The molecule has 1 aromatic carbocycles. The third-order valence-electron chi connectivity index (χ3n) is 4.14. The molecule has 0 atom stereocenters. The third-order valence-corrected chi connectivity index (χ3v) is 4.91. The minimum absolute atomic E-state index is 0.109. The second-order valence-corrected chi connectivity index (χ2v) is 7.79. The number of nitrogens with zero attached hydrogens (tertiary/aromatic N) is 3. The van der Waals surface area contributed by atoms with Gasteiger partial charge in [-0.15, -0.1) is 0 Å². The molecule has 0 aliphatic heterocycles. The fourth-order valence-corrected chi connectivity index (χ4v) is 2.94. The molecule has 0 radical (unpaired) electrons. The van der Waals surface area contributed by atoms with E-state index in [2.05, 4.69) is 41.1 Å². The van der Waals surface area contributed by atoms with Crippen LogP contribution in [-0.2, 0) is 6.54 Å². The smallest absolute Gasteiger partial charge is 0.267 e. The normalized spacial score (nSPS) is 12.1. The Labute approximate surface area is 175 Å². The van der Waals surface area contributed by atoms with Crippen molar-refractivity contribution in [3.63, 3.8) is 0 Å². The van der Waals surface area contributed by atoms with Crippen LogP contribution in [-0.4, -0.2) is 54.9 Å². The van der Waals surface area contributed by atoms with Gasteiger partial charge in [-0.1, -0.05) is 34.1 Å². The van der Waals surface area contributed by atoms with Gasteiger partial charge in [0.15, 0.2) is 0 Å². The van der Waals surface area contributed by atoms with Crippen LogP contribution in [0.5, 0.6) is 0 Å². The lowest BCUT2D eigenvalue weighted by molar-refractivity contribution is 0.0948. The fraction of sp³-hybridized carbons (Fsp3) is 0.381. The van der Waals surface area contributed by atoms with Crippen molar-refractivity contribution < 1.29 is 4.79 Å². The lowest BCUT2D eigenvalue weighted by atomic mass is 10.2. The van der Waals surface area contributed by atoms with Crippen molar-refractivity contribution in [1.29, 1.82) is 0 Å². The van der Waals surface area contributed by atoms with E-state index in [0.29, 0.717) is 24.6 Å². The highest BCUT2D eigenvalue weighted by Gasteiger charge is 2.10. The van der Waals surface area contributed by atoms with E-state index in [1.807, 2.05) is 58.3 Å². The first-order valence-corrected chi connectivity index (χ1v) is 10.1. The average molecular weight is 446 g/mol. The number of aryl methyl sites for hydroxylation is 1. The van der Waals surface area contributed by atoms with Crippen molar-refractivity contribution in [1.82, 2.24) is 15.2 Å². The highest BCUT2D eigenvalue weighted by atomic mass is 79.9. The molecular weight excluding hydrogens is 418 g/mol. The predicted molar refractivity (Wildman–Crippen MR) is 120 cm³/mol. The SMILES string of the molecule is CC(C=Nc1[nH]c(C(=O)NCCCN(C)C)cc1C)=NCc1ccccc1Br. The lowest BCUT2D eigenvalue weighted by Gasteiger charge is -2.09. The van der Waals surface area contributed by atoms with Crippen molar-refractivity contribution in [3.05, 3.63) is 51.6 Å². The molecule has 2 aromatic rings. The number of nitrogens with one attached hydrogen (secondary N) is 2. The molecular formula is C21H28BrN5O. The summed E-state index contributed by atoms with van der Waals surface area (Å²) in [6, 6.07) is 9.84. The number of carbonyl (C=O) groups excluding carboxylic acids is 1. The lowest BCUT2D eigenvalue weighted by Crippen LogP contribution is -2.27. The molecule has 0 unspecified atom stereocenters. The second kappa shape index (κ2) is 10.9. The fourth-order valence-electron chi connectivity index (χ4n) is 2.53. The highest BCUT2D eigenvalue weighted by molar-refractivity contribution is 9.10. The van der Waals surface area contributed by atoms with Gasteiger partial charge in [-0.2, -0.15) is 0 Å². The quantitative estimate of drug-likeness (QED) is 0.449. The Morgan fingerprint density at radius 3 is 2.79 bits per heavy atom. The molecule has 1 amide bonds. The van der Waals surface area contributed by atoms with E-state index >= 15 is 0 Å². The van der Waals surface area contributed by atoms with Crippen LogP contribution in [0.1, 0.15) is 35.0 Å². The van der Waals surface area contributed by atoms with Crippen molar-refractivity contribution >= 4 is 39.6 Å². The zero-order chi connectivity index (χ0) is 20.5. The summed E-state index contributed by atoms with van der Waals surface area (Å²) in [6.45, 7) is 6.02. The first-order valence-electron chi connectivity index (χ1n) is 9.28. The molecule has 6 nitrogen and oxygen atoms in total. The molecule has 2 N–H and O–H groups in total. The van der Waals surface area contributed by atoms with Gasteiger partial charge in [0, 0.05) is 11.0 Å². The molecule has 0 saturated heterocycles. The van der Waals surface area contributed by atoms with E-state index in [9.17, 15) is 4.79 Å². The first kappa shape index (κ1) is 22.0. The average Bonchev–Trinajstić information content (AvgIpc) is 3.03. The van der Waals surface area contributed by atoms with Gasteiger partial charge in [0.1, 0.15) is 11.5 Å². The molecule has 28 heavy (non-hydrogen) atoms. The molecule has 0 spiro atoms. The van der Waals surface area contributed by atoms with Gasteiger partial charge in [-0.05, 0) is 64.2 Å². The number of aliphatic imine (C=N–C) groups is 2. The van der Waals surface area contributed by atoms with Gasteiger partial charge in [0.25, 0.3) is 5.91 Å². The topological polar surface area (TPSA) is 72.8 Å². The Morgan fingerprint density at radius 2 is 2.07 bits per heavy atom. The highest BCUT2D eigenvalue weighted by Crippen LogP contribution is 2.19. The molecule has 0 aliphatic rings. The molecule has 1 aromatic heterocycles. The number of benzene rings is 1. The van der Waals surface area contributed by atoms with E-state index in [0.717, 1.165) is 34.3 Å². The molecule has 0 fully saturated rings. The first-order chi connectivity index (χ1) is 13.4. The monoisotopic (exact) mass is 445 g/mol. The molecule has 2 rings (SSSR count). The van der Waals surface area contributed by atoms with E-state index in [4.69, 9.17) is 0 Å². The number of aromatic nitrogens is 1. The summed E-state index contributed by atoms with van der Waals surface area (Å²) in [4.78, 5) is 26.4. The van der Waals surface area contributed by atoms with Crippen molar-refractivity contribution in [2.75, 3.05) is 27.2 Å². The minimum atomic E-state index is -0.109. The van der Waals surface area contributed by atoms with Gasteiger partial charge in [-0.25, -0.2) is 4.99 Å². The van der Waals surface area contributed by atoms with Crippen LogP contribution < -0.4 is 5.32 Å². The van der Waals surface area contributed by atoms with E-state index in [1.54, 1.807) is 6.21 Å². The van der Waals surface area contributed by atoms with Crippen molar-refractivity contribution in [2.45, 2.75) is 26.8 Å². The summed E-state index contributed by atoms with van der Waals surface area (Å²) in [6.07, 6.45) is 2.63. The second-order valence-electron chi connectivity index (χ2n) is 6.93. The Balaban J connectivity index is 1.93.